The number of nitrogens with one attached hydrogen (secondary N) is 1. The van der Waals surface area contributed by atoms with Gasteiger partial charge < -0.3 is 15.2 Å². The van der Waals surface area contributed by atoms with Crippen LogP contribution in [0.4, 0.5) is 0 Å². The van der Waals surface area contributed by atoms with Crippen molar-refractivity contribution in [2.75, 3.05) is 20.2 Å². The zero-order valence-corrected chi connectivity index (χ0v) is 12.2. The molecule has 0 aliphatic carbocycles. The first-order chi connectivity index (χ1) is 7.27. The van der Waals surface area contributed by atoms with Gasteiger partial charge in [-0.3, -0.25) is 0 Å². The highest BCUT2D eigenvalue weighted by atomic mass is 16.5. The van der Waals surface area contributed by atoms with Gasteiger partial charge in [-0.1, -0.05) is 13.8 Å². The summed E-state index contributed by atoms with van der Waals surface area (Å²) >= 11 is 0. The fourth-order valence-electron chi connectivity index (χ4n) is 1.08. The molecule has 0 atom stereocenters. The first-order valence-corrected chi connectivity index (χ1v) is 6.28. The Hall–Kier alpha value is -0.120. The van der Waals surface area contributed by atoms with Crippen molar-refractivity contribution in [3.05, 3.63) is 0 Å². The first kappa shape index (κ1) is 18.3. The zero-order chi connectivity index (χ0) is 13.2. The molecule has 0 aromatic carbocycles. The summed E-state index contributed by atoms with van der Waals surface area (Å²) in [7, 11) is 1.94. The van der Waals surface area contributed by atoms with E-state index in [1.807, 2.05) is 20.9 Å². The van der Waals surface area contributed by atoms with E-state index in [1.54, 1.807) is 13.8 Å². The minimum atomic E-state index is -0.626. The summed E-state index contributed by atoms with van der Waals surface area (Å²) < 4.78 is 5.71. The third-order valence-corrected chi connectivity index (χ3v) is 2.18. The highest BCUT2D eigenvalue weighted by molar-refractivity contribution is 4.71. The molecule has 0 aromatic heterocycles. The predicted molar refractivity (Wildman–Crippen MR) is 70.8 cm³/mol. The molecule has 0 heterocycles. The number of rotatable bonds is 7. The lowest BCUT2D eigenvalue weighted by Crippen LogP contribution is -2.31. The van der Waals surface area contributed by atoms with Gasteiger partial charge >= 0.3 is 0 Å². The molecule has 0 saturated carbocycles. The number of aliphatic hydroxyl groups is 1. The van der Waals surface area contributed by atoms with Crippen molar-refractivity contribution in [1.82, 2.24) is 5.32 Å². The van der Waals surface area contributed by atoms with E-state index in [1.165, 1.54) is 0 Å². The molecule has 0 aliphatic rings. The Bertz CT molecular complexity index is 151. The molecule has 16 heavy (non-hydrogen) atoms. The molecule has 0 aromatic rings. The van der Waals surface area contributed by atoms with Crippen LogP contribution in [0.5, 0.6) is 0 Å². The number of hydrogen-bond donors (Lipinski definition) is 2. The molecule has 0 fully saturated rings. The summed E-state index contributed by atoms with van der Waals surface area (Å²) in [5.41, 5.74) is -0.729. The number of hydrogen-bond acceptors (Lipinski definition) is 3. The van der Waals surface area contributed by atoms with Gasteiger partial charge in [-0.25, -0.2) is 0 Å². The van der Waals surface area contributed by atoms with Crippen LogP contribution in [0, 0.1) is 0 Å². The Morgan fingerprint density at radius 3 is 1.94 bits per heavy atom. The maximum atomic E-state index is 9.50. The SMILES string of the molecule is CC.CNCCC(C)(C)OCCC(C)(C)O. The summed E-state index contributed by atoms with van der Waals surface area (Å²) in [4.78, 5) is 0. The maximum Gasteiger partial charge on any atom is 0.0638 e. The molecule has 100 valence electrons. The quantitative estimate of drug-likeness (QED) is 0.710. The van der Waals surface area contributed by atoms with Crippen molar-refractivity contribution < 1.29 is 9.84 Å². The molecule has 0 unspecified atom stereocenters. The van der Waals surface area contributed by atoms with Crippen LogP contribution >= 0.6 is 0 Å². The molecule has 3 heteroatoms. The van der Waals surface area contributed by atoms with Gasteiger partial charge in [0.1, 0.15) is 0 Å². The fourth-order valence-corrected chi connectivity index (χ4v) is 1.08. The molecule has 0 aliphatic heterocycles. The average Bonchev–Trinajstić information content (AvgIpc) is 2.16. The van der Waals surface area contributed by atoms with E-state index in [9.17, 15) is 5.11 Å². The maximum absolute atomic E-state index is 9.50. The molecule has 0 saturated heterocycles. The van der Waals surface area contributed by atoms with Crippen LogP contribution in [0.1, 0.15) is 54.4 Å². The lowest BCUT2D eigenvalue weighted by atomic mass is 10.0. The molecule has 0 amide bonds. The first-order valence-electron chi connectivity index (χ1n) is 6.28. The molecule has 0 radical (unpaired) electrons. The van der Waals surface area contributed by atoms with Crippen molar-refractivity contribution in [3.63, 3.8) is 0 Å². The Balaban J connectivity index is 0. The molecule has 3 nitrogen and oxygen atoms in total. The molecule has 0 rings (SSSR count). The van der Waals surface area contributed by atoms with Crippen molar-refractivity contribution >= 4 is 0 Å². The van der Waals surface area contributed by atoms with Crippen LogP contribution in [-0.2, 0) is 4.74 Å². The predicted octanol–water partition coefficient (Wildman–Crippen LogP) is 2.58. The van der Waals surface area contributed by atoms with E-state index < -0.39 is 5.60 Å². The molecular weight excluding hydrogens is 202 g/mol. The summed E-state index contributed by atoms with van der Waals surface area (Å²) in [6.07, 6.45) is 1.66. The molecule has 2 N–H and O–H groups in total. The summed E-state index contributed by atoms with van der Waals surface area (Å²) in [6.45, 7) is 13.3. The highest BCUT2D eigenvalue weighted by Gasteiger charge is 2.19. The monoisotopic (exact) mass is 233 g/mol. The van der Waals surface area contributed by atoms with Crippen LogP contribution in [0.3, 0.4) is 0 Å². The Morgan fingerprint density at radius 1 is 1.06 bits per heavy atom. The minimum Gasteiger partial charge on any atom is -0.390 e. The average molecular weight is 233 g/mol. The van der Waals surface area contributed by atoms with Crippen LogP contribution in [-0.4, -0.2) is 36.5 Å². The van der Waals surface area contributed by atoms with Gasteiger partial charge in [0.15, 0.2) is 0 Å². The lowest BCUT2D eigenvalue weighted by molar-refractivity contribution is -0.0493. The van der Waals surface area contributed by atoms with E-state index in [0.29, 0.717) is 13.0 Å². The highest BCUT2D eigenvalue weighted by Crippen LogP contribution is 2.16. The van der Waals surface area contributed by atoms with Gasteiger partial charge in [0.2, 0.25) is 0 Å². The van der Waals surface area contributed by atoms with Gasteiger partial charge in [-0.2, -0.15) is 0 Å². The van der Waals surface area contributed by atoms with E-state index >= 15 is 0 Å². The van der Waals surface area contributed by atoms with Crippen molar-refractivity contribution in [1.29, 1.82) is 0 Å². The minimum absolute atomic E-state index is 0.103. The van der Waals surface area contributed by atoms with Crippen molar-refractivity contribution in [3.8, 4) is 0 Å². The molecule has 0 spiro atoms. The second-order valence-corrected chi connectivity index (χ2v) is 5.02. The Labute approximate surface area is 102 Å². The van der Waals surface area contributed by atoms with Gasteiger partial charge in [0, 0.05) is 0 Å². The number of ether oxygens (including phenoxy) is 1. The summed E-state index contributed by atoms with van der Waals surface area (Å²) in [5.74, 6) is 0. The summed E-state index contributed by atoms with van der Waals surface area (Å²) in [5, 5.41) is 12.6. The van der Waals surface area contributed by atoms with E-state index in [0.717, 1.165) is 13.0 Å². The fraction of sp³-hybridized carbons (Fsp3) is 1.00. The zero-order valence-electron chi connectivity index (χ0n) is 12.2. The van der Waals surface area contributed by atoms with E-state index in [-0.39, 0.29) is 5.60 Å². The standard InChI is InChI=1S/C11H25NO2.C2H6/c1-10(2,13)7-9-14-11(3,4)6-8-12-5;1-2/h12-13H,6-9H2,1-5H3;1-2H3. The van der Waals surface area contributed by atoms with E-state index in [4.69, 9.17) is 4.74 Å². The van der Waals surface area contributed by atoms with Gasteiger partial charge in [-0.15, -0.1) is 0 Å². The largest absolute Gasteiger partial charge is 0.390 e. The van der Waals surface area contributed by atoms with Crippen LogP contribution in [0.2, 0.25) is 0 Å². The lowest BCUT2D eigenvalue weighted by Gasteiger charge is -2.27. The molecular formula is C13H31NO2. The van der Waals surface area contributed by atoms with E-state index in [2.05, 4.69) is 19.2 Å². The Kier molecular flexibility index (Phi) is 10.2. The van der Waals surface area contributed by atoms with Gasteiger partial charge in [0.05, 0.1) is 17.8 Å². The van der Waals surface area contributed by atoms with Crippen molar-refractivity contribution in [2.24, 2.45) is 0 Å². The molecule has 0 bridgehead atoms. The van der Waals surface area contributed by atoms with Crippen molar-refractivity contribution in [2.45, 2.75) is 65.6 Å². The smallest absolute Gasteiger partial charge is 0.0638 e. The second-order valence-electron chi connectivity index (χ2n) is 5.02. The van der Waals surface area contributed by atoms with Crippen LogP contribution in [0.25, 0.3) is 0 Å². The van der Waals surface area contributed by atoms with Crippen LogP contribution in [0.15, 0.2) is 0 Å². The normalized spacial score (nSPS) is 12.0. The topological polar surface area (TPSA) is 41.5 Å². The van der Waals surface area contributed by atoms with Crippen LogP contribution < -0.4 is 5.32 Å². The van der Waals surface area contributed by atoms with Gasteiger partial charge in [-0.05, 0) is 54.1 Å². The van der Waals surface area contributed by atoms with Gasteiger partial charge in [0.25, 0.3) is 0 Å². The second kappa shape index (κ2) is 8.97. The Morgan fingerprint density at radius 2 is 1.56 bits per heavy atom. The third kappa shape index (κ3) is 13.9. The summed E-state index contributed by atoms with van der Waals surface area (Å²) in [6, 6.07) is 0. The third-order valence-electron chi connectivity index (χ3n) is 2.18.